The fraction of sp³-hybridized carbons (Fsp3) is 0.333. The Morgan fingerprint density at radius 3 is 2.50 bits per heavy atom. The lowest BCUT2D eigenvalue weighted by molar-refractivity contribution is -0.121. The first-order valence-electron chi connectivity index (χ1n) is 8.82. The van der Waals surface area contributed by atoms with E-state index >= 15 is 0 Å². The number of nitrogens with one attached hydrogen (secondary N) is 1. The van der Waals surface area contributed by atoms with E-state index in [9.17, 15) is 9.59 Å². The van der Waals surface area contributed by atoms with E-state index in [1.165, 1.54) is 12.5 Å². The Hall–Kier alpha value is -2.33. The van der Waals surface area contributed by atoms with E-state index in [1.54, 1.807) is 11.0 Å². The molecule has 0 saturated carbocycles. The number of carbonyl (C=O) groups excluding carboxylic acids is 2. The van der Waals surface area contributed by atoms with Gasteiger partial charge in [-0.3, -0.25) is 9.59 Å². The summed E-state index contributed by atoms with van der Waals surface area (Å²) in [6, 6.07) is 15.6. The van der Waals surface area contributed by atoms with Crippen LogP contribution >= 0.6 is 11.6 Å². The molecular weight excluding hydrogens is 348 g/mol. The van der Waals surface area contributed by atoms with Gasteiger partial charge in [-0.1, -0.05) is 41.9 Å². The lowest BCUT2D eigenvalue weighted by Gasteiger charge is -2.23. The molecule has 0 heterocycles. The molecule has 2 amide bonds. The van der Waals surface area contributed by atoms with Gasteiger partial charge in [-0.15, -0.1) is 0 Å². The van der Waals surface area contributed by atoms with Gasteiger partial charge in [-0.05, 0) is 49.1 Å². The highest BCUT2D eigenvalue weighted by Crippen LogP contribution is 2.24. The number of nitrogens with zero attached hydrogens (tertiary/aromatic N) is 1. The predicted octanol–water partition coefficient (Wildman–Crippen LogP) is 4.14. The predicted molar refractivity (Wildman–Crippen MR) is 107 cm³/mol. The summed E-state index contributed by atoms with van der Waals surface area (Å²) < 4.78 is 0. The van der Waals surface area contributed by atoms with E-state index < -0.39 is 0 Å². The van der Waals surface area contributed by atoms with Crippen molar-refractivity contribution in [3.8, 4) is 0 Å². The van der Waals surface area contributed by atoms with E-state index in [4.69, 9.17) is 11.6 Å². The topological polar surface area (TPSA) is 49.4 Å². The van der Waals surface area contributed by atoms with Gasteiger partial charge in [0.2, 0.25) is 11.8 Å². The van der Waals surface area contributed by atoms with Gasteiger partial charge < -0.3 is 10.2 Å². The largest absolute Gasteiger partial charge is 0.356 e. The number of amides is 2. The third-order valence-corrected chi connectivity index (χ3v) is 4.43. The molecule has 26 heavy (non-hydrogen) atoms. The molecule has 0 fully saturated rings. The highest BCUT2D eigenvalue weighted by atomic mass is 35.5. The first-order valence-corrected chi connectivity index (χ1v) is 9.20. The van der Waals surface area contributed by atoms with Crippen LogP contribution < -0.4 is 10.2 Å². The average molecular weight is 373 g/mol. The molecule has 0 radical (unpaired) electrons. The van der Waals surface area contributed by atoms with Crippen LogP contribution in [0.15, 0.2) is 48.5 Å². The van der Waals surface area contributed by atoms with Gasteiger partial charge in [-0.25, -0.2) is 0 Å². The molecule has 2 rings (SSSR count). The van der Waals surface area contributed by atoms with Crippen molar-refractivity contribution in [2.24, 2.45) is 0 Å². The first-order chi connectivity index (χ1) is 12.5. The van der Waals surface area contributed by atoms with Crippen molar-refractivity contribution in [1.29, 1.82) is 0 Å². The van der Waals surface area contributed by atoms with Crippen LogP contribution in [0.5, 0.6) is 0 Å². The summed E-state index contributed by atoms with van der Waals surface area (Å²) >= 11 is 5.98. The molecule has 0 aliphatic rings. The van der Waals surface area contributed by atoms with Crippen LogP contribution in [0.2, 0.25) is 5.02 Å². The summed E-state index contributed by atoms with van der Waals surface area (Å²) in [5, 5.41) is 3.55. The van der Waals surface area contributed by atoms with Crippen LogP contribution in [0.1, 0.15) is 30.9 Å². The molecule has 0 aromatic heterocycles. The molecular formula is C21H25ClN2O2. The molecule has 138 valence electrons. The number of carbonyl (C=O) groups is 2. The van der Waals surface area contributed by atoms with Crippen molar-refractivity contribution in [2.75, 3.05) is 18.0 Å². The second-order valence-corrected chi connectivity index (χ2v) is 6.73. The van der Waals surface area contributed by atoms with Gasteiger partial charge in [0, 0.05) is 37.1 Å². The zero-order valence-electron chi connectivity index (χ0n) is 15.3. The number of rotatable bonds is 8. The van der Waals surface area contributed by atoms with Crippen LogP contribution in [0.4, 0.5) is 5.69 Å². The smallest absolute Gasteiger partial charge is 0.223 e. The van der Waals surface area contributed by atoms with Crippen molar-refractivity contribution in [1.82, 2.24) is 5.32 Å². The maximum absolute atomic E-state index is 12.1. The number of aryl methyl sites for hydroxylation is 2. The average Bonchev–Trinajstić information content (AvgIpc) is 2.61. The number of benzene rings is 2. The van der Waals surface area contributed by atoms with Gasteiger partial charge in [-0.2, -0.15) is 0 Å². The van der Waals surface area contributed by atoms with Crippen LogP contribution in [0, 0.1) is 6.92 Å². The molecule has 0 spiro atoms. The minimum atomic E-state index is -0.0905. The Bertz CT molecular complexity index is 747. The van der Waals surface area contributed by atoms with Crippen molar-refractivity contribution < 1.29 is 9.59 Å². The Morgan fingerprint density at radius 1 is 1.12 bits per heavy atom. The molecule has 0 aliphatic heterocycles. The molecule has 0 saturated heterocycles. The normalized spacial score (nSPS) is 10.4. The second-order valence-electron chi connectivity index (χ2n) is 6.29. The van der Waals surface area contributed by atoms with E-state index in [1.807, 2.05) is 37.3 Å². The SMILES string of the molecule is CC(=O)N(CCC(=O)NCCCc1ccccc1)c1ccc(Cl)cc1C. The lowest BCUT2D eigenvalue weighted by Crippen LogP contribution is -2.34. The molecule has 2 aromatic rings. The van der Waals surface area contributed by atoms with Gasteiger partial charge in [0.15, 0.2) is 0 Å². The summed E-state index contributed by atoms with van der Waals surface area (Å²) in [7, 11) is 0. The number of hydrogen-bond acceptors (Lipinski definition) is 2. The van der Waals surface area contributed by atoms with Crippen LogP contribution in [-0.4, -0.2) is 24.9 Å². The zero-order chi connectivity index (χ0) is 18.9. The monoisotopic (exact) mass is 372 g/mol. The quantitative estimate of drug-likeness (QED) is 0.708. The molecule has 4 nitrogen and oxygen atoms in total. The van der Waals surface area contributed by atoms with E-state index in [0.29, 0.717) is 18.1 Å². The Morgan fingerprint density at radius 2 is 1.85 bits per heavy atom. The van der Waals surface area contributed by atoms with Crippen molar-refractivity contribution >= 4 is 29.1 Å². The fourth-order valence-electron chi connectivity index (χ4n) is 2.84. The third-order valence-electron chi connectivity index (χ3n) is 4.20. The Labute approximate surface area is 160 Å². The van der Waals surface area contributed by atoms with E-state index in [0.717, 1.165) is 24.1 Å². The maximum atomic E-state index is 12.1. The molecule has 0 atom stereocenters. The third kappa shape index (κ3) is 6.19. The molecule has 2 aromatic carbocycles. The van der Waals surface area contributed by atoms with E-state index in [-0.39, 0.29) is 18.2 Å². The number of hydrogen-bond donors (Lipinski definition) is 1. The number of halogens is 1. The van der Waals surface area contributed by atoms with Gasteiger partial charge in [0.25, 0.3) is 0 Å². The standard InChI is InChI=1S/C21H25ClN2O2/c1-16-15-19(22)10-11-20(16)24(17(2)25)14-12-21(26)23-13-6-9-18-7-4-3-5-8-18/h3-5,7-8,10-11,15H,6,9,12-14H2,1-2H3,(H,23,26). The second kappa shape index (κ2) is 9.97. The highest BCUT2D eigenvalue weighted by Gasteiger charge is 2.15. The Balaban J connectivity index is 1.79. The summed E-state index contributed by atoms with van der Waals surface area (Å²) in [5.41, 5.74) is 2.97. The first kappa shape index (κ1) is 20.0. The van der Waals surface area contributed by atoms with Gasteiger partial charge in [0.1, 0.15) is 0 Å². The maximum Gasteiger partial charge on any atom is 0.223 e. The summed E-state index contributed by atoms with van der Waals surface area (Å²) in [5.74, 6) is -0.136. The molecule has 0 unspecified atom stereocenters. The summed E-state index contributed by atoms with van der Waals surface area (Å²) in [4.78, 5) is 25.7. The zero-order valence-corrected chi connectivity index (χ0v) is 16.1. The molecule has 1 N–H and O–H groups in total. The molecule has 5 heteroatoms. The van der Waals surface area contributed by atoms with Crippen molar-refractivity contribution in [3.05, 3.63) is 64.7 Å². The van der Waals surface area contributed by atoms with Crippen molar-refractivity contribution in [2.45, 2.75) is 33.1 Å². The summed E-state index contributed by atoms with van der Waals surface area (Å²) in [6.45, 7) is 4.39. The lowest BCUT2D eigenvalue weighted by atomic mass is 10.1. The summed E-state index contributed by atoms with van der Waals surface area (Å²) in [6.07, 6.45) is 2.10. The molecule has 0 aliphatic carbocycles. The fourth-order valence-corrected chi connectivity index (χ4v) is 3.06. The van der Waals surface area contributed by atoms with Crippen LogP contribution in [0.25, 0.3) is 0 Å². The minimum Gasteiger partial charge on any atom is -0.356 e. The number of anilines is 1. The van der Waals surface area contributed by atoms with Crippen LogP contribution in [-0.2, 0) is 16.0 Å². The van der Waals surface area contributed by atoms with Gasteiger partial charge in [0.05, 0.1) is 0 Å². The molecule has 0 bridgehead atoms. The minimum absolute atomic E-state index is 0.0454. The van der Waals surface area contributed by atoms with E-state index in [2.05, 4.69) is 17.4 Å². The Kier molecular flexibility index (Phi) is 7.67. The van der Waals surface area contributed by atoms with Crippen molar-refractivity contribution in [3.63, 3.8) is 0 Å². The highest BCUT2D eigenvalue weighted by molar-refractivity contribution is 6.30. The van der Waals surface area contributed by atoms with Gasteiger partial charge >= 0.3 is 0 Å². The van der Waals surface area contributed by atoms with Crippen LogP contribution in [0.3, 0.4) is 0 Å².